The van der Waals surface area contributed by atoms with Crippen LogP contribution in [0.15, 0.2) is 79.3 Å². The van der Waals surface area contributed by atoms with Crippen molar-refractivity contribution in [2.75, 3.05) is 5.32 Å². The van der Waals surface area contributed by atoms with Gasteiger partial charge in [0.05, 0.1) is 23.0 Å². The number of nitrogens with one attached hydrogen (secondary N) is 1. The highest BCUT2D eigenvalue weighted by Gasteiger charge is 2.31. The predicted octanol–water partition coefficient (Wildman–Crippen LogP) is 7.87. The molecule has 0 aliphatic carbocycles. The molecule has 40 heavy (non-hydrogen) atoms. The molecule has 9 heteroatoms. The molecule has 0 aliphatic rings. The van der Waals surface area contributed by atoms with Crippen molar-refractivity contribution in [2.45, 2.75) is 38.8 Å². The molecule has 0 fully saturated rings. The van der Waals surface area contributed by atoms with Gasteiger partial charge in [-0.1, -0.05) is 43.3 Å². The molecule has 5 rings (SSSR count). The van der Waals surface area contributed by atoms with Crippen molar-refractivity contribution in [1.82, 2.24) is 19.7 Å². The maximum atomic E-state index is 13.1. The Hall–Kier alpha value is -4.53. The summed E-state index contributed by atoms with van der Waals surface area (Å²) in [5.41, 5.74) is 4.88. The summed E-state index contributed by atoms with van der Waals surface area (Å²) in [5, 5.41) is 8.16. The predicted molar refractivity (Wildman–Crippen MR) is 150 cm³/mol. The number of rotatable bonds is 8. The van der Waals surface area contributed by atoms with Crippen LogP contribution in [-0.4, -0.2) is 25.5 Å². The minimum absolute atomic E-state index is 0.0764. The van der Waals surface area contributed by atoms with E-state index < -0.39 is 11.7 Å². The monoisotopic (exact) mass is 543 g/mol. The van der Waals surface area contributed by atoms with Crippen LogP contribution in [-0.2, 0) is 13.2 Å². The molecule has 0 spiro atoms. The summed E-state index contributed by atoms with van der Waals surface area (Å²) in [6.45, 7) is 4.00. The topological polar surface area (TPSA) is 72.7 Å². The van der Waals surface area contributed by atoms with Crippen molar-refractivity contribution >= 4 is 28.3 Å². The van der Waals surface area contributed by atoms with Crippen LogP contribution in [0.4, 0.5) is 24.8 Å². The quantitative estimate of drug-likeness (QED) is 0.202. The van der Waals surface area contributed by atoms with Gasteiger partial charge in [0.1, 0.15) is 0 Å². The summed E-state index contributed by atoms with van der Waals surface area (Å²) in [5.74, 6) is 0.0348. The van der Waals surface area contributed by atoms with Gasteiger partial charge >= 0.3 is 6.18 Å². The zero-order valence-electron chi connectivity index (χ0n) is 22.3. The van der Waals surface area contributed by atoms with Crippen molar-refractivity contribution < 1.29 is 18.0 Å². The van der Waals surface area contributed by atoms with E-state index in [0.717, 1.165) is 51.0 Å². The number of carbonyl (C=O) groups is 1. The molecule has 0 amide bonds. The van der Waals surface area contributed by atoms with E-state index in [1.165, 1.54) is 12.1 Å². The normalized spacial score (nSPS) is 12.4. The van der Waals surface area contributed by atoms with E-state index in [4.69, 9.17) is 0 Å². The zero-order valence-corrected chi connectivity index (χ0v) is 22.3. The summed E-state index contributed by atoms with van der Waals surface area (Å²) in [4.78, 5) is 22.0. The van der Waals surface area contributed by atoms with E-state index in [1.54, 1.807) is 17.1 Å². The smallest absolute Gasteiger partial charge is 0.321 e. The van der Waals surface area contributed by atoms with Crippen LogP contribution in [0.3, 0.4) is 0 Å². The summed E-state index contributed by atoms with van der Waals surface area (Å²) in [6.07, 6.45) is 1.61. The van der Waals surface area contributed by atoms with Crippen LogP contribution in [0, 0.1) is 6.92 Å². The maximum absolute atomic E-state index is 13.1. The van der Waals surface area contributed by atoms with Gasteiger partial charge in [-0.05, 0) is 65.8 Å². The van der Waals surface area contributed by atoms with Crippen LogP contribution in [0.25, 0.3) is 22.0 Å². The Labute approximate surface area is 229 Å². The van der Waals surface area contributed by atoms with Gasteiger partial charge in [0, 0.05) is 36.8 Å². The molecule has 1 N–H and O–H groups in total. The Balaban J connectivity index is 1.39. The van der Waals surface area contributed by atoms with E-state index in [0.29, 0.717) is 12.4 Å². The van der Waals surface area contributed by atoms with Crippen molar-refractivity contribution in [3.8, 4) is 11.1 Å². The highest BCUT2D eigenvalue weighted by atomic mass is 19.4. The second kappa shape index (κ2) is 10.9. The maximum Gasteiger partial charge on any atom is 0.416 e. The van der Waals surface area contributed by atoms with Crippen molar-refractivity contribution in [3.05, 3.63) is 102 Å². The first kappa shape index (κ1) is 27.1. The number of ketones is 1. The molecule has 0 saturated carbocycles. The average molecular weight is 544 g/mol. The van der Waals surface area contributed by atoms with E-state index >= 15 is 0 Å². The minimum atomic E-state index is -4.49. The molecule has 5 aromatic rings. The first-order valence-electron chi connectivity index (χ1n) is 12.9. The third kappa shape index (κ3) is 5.88. The lowest BCUT2D eigenvalue weighted by Gasteiger charge is -2.18. The Morgan fingerprint density at radius 3 is 2.60 bits per heavy atom. The van der Waals surface area contributed by atoms with Gasteiger partial charge in [0.25, 0.3) is 0 Å². The Kier molecular flexibility index (Phi) is 7.38. The molecule has 0 saturated heterocycles. The van der Waals surface area contributed by atoms with Crippen LogP contribution in [0.1, 0.15) is 52.7 Å². The zero-order chi connectivity index (χ0) is 28.4. The number of hydrogen-bond acceptors (Lipinski definition) is 5. The lowest BCUT2D eigenvalue weighted by atomic mass is 9.86. The highest BCUT2D eigenvalue weighted by molar-refractivity contribution is 5.96. The first-order valence-corrected chi connectivity index (χ1v) is 12.9. The van der Waals surface area contributed by atoms with Gasteiger partial charge in [-0.15, -0.1) is 0 Å². The first-order chi connectivity index (χ1) is 19.1. The molecule has 6 nitrogen and oxygen atoms in total. The molecule has 204 valence electrons. The van der Waals surface area contributed by atoms with E-state index in [1.807, 2.05) is 57.4 Å². The number of fused-ring (bicyclic) bond motifs is 1. The fraction of sp³-hybridized carbons (Fsp3) is 0.226. The molecule has 0 bridgehead atoms. The largest absolute Gasteiger partial charge is 0.416 e. The van der Waals surface area contributed by atoms with Gasteiger partial charge < -0.3 is 5.32 Å². The summed E-state index contributed by atoms with van der Waals surface area (Å²) in [6, 6.07) is 16.7. The molecule has 0 aliphatic heterocycles. The number of anilines is 2. The van der Waals surface area contributed by atoms with Crippen molar-refractivity contribution in [3.63, 3.8) is 0 Å². The fourth-order valence-corrected chi connectivity index (χ4v) is 4.79. The number of nitrogens with zero attached hydrogens (tertiary/aromatic N) is 4. The molecular weight excluding hydrogens is 515 g/mol. The van der Waals surface area contributed by atoms with Crippen molar-refractivity contribution in [2.24, 2.45) is 7.05 Å². The molecule has 0 radical (unpaired) electrons. The Morgan fingerprint density at radius 1 is 1.05 bits per heavy atom. The Bertz CT molecular complexity index is 1690. The van der Waals surface area contributed by atoms with Gasteiger partial charge in [-0.25, -0.2) is 9.97 Å². The highest BCUT2D eigenvalue weighted by Crippen LogP contribution is 2.34. The number of aryl methyl sites for hydroxylation is 2. The molecular formula is C31H28F3N5O. The lowest BCUT2D eigenvalue weighted by Crippen LogP contribution is -2.10. The molecule has 1 unspecified atom stereocenters. The van der Waals surface area contributed by atoms with Crippen LogP contribution >= 0.6 is 0 Å². The van der Waals surface area contributed by atoms with Crippen LogP contribution < -0.4 is 5.32 Å². The number of alkyl halides is 3. The number of aromatic nitrogens is 4. The second-order valence-electron chi connectivity index (χ2n) is 9.88. The summed E-state index contributed by atoms with van der Waals surface area (Å²) < 4.78 is 41.1. The van der Waals surface area contributed by atoms with E-state index in [-0.39, 0.29) is 23.7 Å². The number of hydrogen-bond donors (Lipinski definition) is 1. The van der Waals surface area contributed by atoms with E-state index in [2.05, 4.69) is 26.4 Å². The van der Waals surface area contributed by atoms with Crippen LogP contribution in [0.5, 0.6) is 0 Å². The molecule has 1 atom stereocenters. The number of Topliss-reactive ketones (excluding diaryl/α,β-unsaturated/α-hetero) is 1. The molecule has 3 aromatic carbocycles. The third-order valence-corrected chi connectivity index (χ3v) is 7.02. The average Bonchev–Trinajstić information content (AvgIpc) is 3.35. The van der Waals surface area contributed by atoms with Gasteiger partial charge in [-0.2, -0.15) is 18.3 Å². The SMILES string of the molecule is CCC(CC(=O)c1cccc(C(F)(F)F)c1)c1ccc(C)c(-c2ccc3nc(Nc4cnn(C)c4)ncc3c2)c1. The number of carbonyl (C=O) groups excluding carboxylic acids is 1. The standard InChI is InChI=1S/C31H28F3N5O/c1-4-20(15-29(40)23-6-5-7-25(13-23)31(32,33)34)21-9-8-19(2)27(14-21)22-10-11-28-24(12-22)16-35-30(38-28)37-26-17-36-39(3)18-26/h5-14,16-18,20H,4,15H2,1-3H3,(H,35,37,38). The molecule has 2 aromatic heterocycles. The van der Waals surface area contributed by atoms with E-state index in [9.17, 15) is 18.0 Å². The van der Waals surface area contributed by atoms with Crippen molar-refractivity contribution in [1.29, 1.82) is 0 Å². The lowest BCUT2D eigenvalue weighted by molar-refractivity contribution is -0.137. The second-order valence-corrected chi connectivity index (χ2v) is 9.88. The Morgan fingerprint density at radius 2 is 1.88 bits per heavy atom. The minimum Gasteiger partial charge on any atom is -0.321 e. The summed E-state index contributed by atoms with van der Waals surface area (Å²) >= 11 is 0. The molecule has 2 heterocycles. The number of halogens is 3. The van der Waals surface area contributed by atoms with Gasteiger partial charge in [-0.3, -0.25) is 9.48 Å². The van der Waals surface area contributed by atoms with Gasteiger partial charge in [0.15, 0.2) is 5.78 Å². The summed E-state index contributed by atoms with van der Waals surface area (Å²) in [7, 11) is 1.84. The third-order valence-electron chi connectivity index (χ3n) is 7.02. The number of benzene rings is 3. The fourth-order valence-electron chi connectivity index (χ4n) is 4.79. The van der Waals surface area contributed by atoms with Gasteiger partial charge in [0.2, 0.25) is 5.95 Å². The van der Waals surface area contributed by atoms with Crippen LogP contribution in [0.2, 0.25) is 0 Å².